The molecule has 0 spiro atoms. The van der Waals surface area contributed by atoms with Gasteiger partial charge in [0, 0.05) is 10.9 Å². The summed E-state index contributed by atoms with van der Waals surface area (Å²) in [6.45, 7) is 0.870. The second kappa shape index (κ2) is 4.89. The molecule has 0 saturated carbocycles. The van der Waals surface area contributed by atoms with Crippen molar-refractivity contribution in [2.24, 2.45) is 0 Å². The summed E-state index contributed by atoms with van der Waals surface area (Å²) in [5.74, 6) is 1.05. The highest BCUT2D eigenvalue weighted by Gasteiger charge is 2.12. The van der Waals surface area contributed by atoms with Gasteiger partial charge in [-0.2, -0.15) is 22.7 Å². The summed E-state index contributed by atoms with van der Waals surface area (Å²) in [6, 6.07) is 12.7. The normalized spacial score (nSPS) is 11.2. The lowest BCUT2D eigenvalue weighted by Gasteiger charge is -2.07. The fourth-order valence-corrected chi connectivity index (χ4v) is 3.71. The number of benzene rings is 1. The molecule has 0 aliphatic rings. The van der Waals surface area contributed by atoms with E-state index in [1.165, 1.54) is 16.6 Å². The molecule has 4 heteroatoms. The molecule has 0 atom stereocenters. The number of hydrogen-bond donors (Lipinski definition) is 0. The van der Waals surface area contributed by atoms with Gasteiger partial charge in [0.15, 0.2) is 0 Å². The van der Waals surface area contributed by atoms with Gasteiger partial charge in [-0.15, -0.1) is 0 Å². The number of imidazole rings is 1. The summed E-state index contributed by atoms with van der Waals surface area (Å²) >= 11 is 3.45. The summed E-state index contributed by atoms with van der Waals surface area (Å²) < 4.78 is 2.30. The van der Waals surface area contributed by atoms with Crippen molar-refractivity contribution in [3.8, 4) is 11.4 Å². The molecule has 98 valence electrons. The minimum absolute atomic E-state index is 0.870. The Balaban J connectivity index is 1.93. The van der Waals surface area contributed by atoms with Crippen LogP contribution < -0.4 is 0 Å². The third-order valence-electron chi connectivity index (χ3n) is 3.35. The third kappa shape index (κ3) is 1.97. The molecule has 0 saturated heterocycles. The van der Waals surface area contributed by atoms with E-state index in [0.717, 1.165) is 17.9 Å². The van der Waals surface area contributed by atoms with Gasteiger partial charge < -0.3 is 4.57 Å². The van der Waals surface area contributed by atoms with E-state index in [2.05, 4.69) is 56.4 Å². The zero-order valence-electron chi connectivity index (χ0n) is 10.7. The maximum atomic E-state index is 4.81. The molecule has 0 bridgehead atoms. The molecule has 3 aromatic heterocycles. The van der Waals surface area contributed by atoms with Crippen LogP contribution in [-0.2, 0) is 6.54 Å². The molecule has 0 unspecified atom stereocenters. The van der Waals surface area contributed by atoms with Crippen LogP contribution in [0.2, 0.25) is 0 Å². The third-order valence-corrected chi connectivity index (χ3v) is 4.77. The lowest BCUT2D eigenvalue weighted by atomic mass is 10.2. The van der Waals surface area contributed by atoms with Gasteiger partial charge >= 0.3 is 0 Å². The highest BCUT2D eigenvalue weighted by Crippen LogP contribution is 2.27. The number of hydrogen-bond acceptors (Lipinski definition) is 3. The van der Waals surface area contributed by atoms with E-state index in [1.807, 2.05) is 6.07 Å². The Morgan fingerprint density at radius 2 is 1.80 bits per heavy atom. The van der Waals surface area contributed by atoms with E-state index in [1.54, 1.807) is 22.7 Å². The summed E-state index contributed by atoms with van der Waals surface area (Å²) in [6.07, 6.45) is 0. The Bertz CT molecular complexity index is 827. The van der Waals surface area contributed by atoms with Crippen molar-refractivity contribution in [3.63, 3.8) is 0 Å². The van der Waals surface area contributed by atoms with Gasteiger partial charge in [0.2, 0.25) is 0 Å². The lowest BCUT2D eigenvalue weighted by Crippen LogP contribution is -2.00. The summed E-state index contributed by atoms with van der Waals surface area (Å²) in [4.78, 5) is 4.81. The maximum absolute atomic E-state index is 4.81. The monoisotopic (exact) mass is 296 g/mol. The van der Waals surface area contributed by atoms with Crippen LogP contribution in [0.25, 0.3) is 22.4 Å². The number of fused-ring (bicyclic) bond motifs is 1. The molecule has 0 aliphatic carbocycles. The highest BCUT2D eigenvalue weighted by molar-refractivity contribution is 7.08. The summed E-state index contributed by atoms with van der Waals surface area (Å²) in [5, 5.41) is 8.58. The first-order chi connectivity index (χ1) is 9.92. The smallest absolute Gasteiger partial charge is 0.142 e. The SMILES string of the molecule is c1ccc2c(c1)nc(-c1ccsc1)n2Cc1ccsc1. The molecular formula is C16H12N2S2. The molecule has 0 fully saturated rings. The van der Waals surface area contributed by atoms with Gasteiger partial charge in [0.1, 0.15) is 5.82 Å². The number of para-hydroxylation sites is 2. The number of rotatable bonds is 3. The van der Waals surface area contributed by atoms with Crippen LogP contribution in [0.15, 0.2) is 57.9 Å². The highest BCUT2D eigenvalue weighted by atomic mass is 32.1. The maximum Gasteiger partial charge on any atom is 0.142 e. The summed E-state index contributed by atoms with van der Waals surface area (Å²) in [7, 11) is 0. The number of nitrogens with zero attached hydrogens (tertiary/aromatic N) is 2. The fraction of sp³-hybridized carbons (Fsp3) is 0.0625. The first kappa shape index (κ1) is 11.9. The Kier molecular flexibility index (Phi) is 2.90. The van der Waals surface area contributed by atoms with E-state index in [9.17, 15) is 0 Å². The molecule has 0 amide bonds. The topological polar surface area (TPSA) is 17.8 Å². The van der Waals surface area contributed by atoms with Crippen molar-refractivity contribution in [1.29, 1.82) is 0 Å². The van der Waals surface area contributed by atoms with Crippen LogP contribution in [-0.4, -0.2) is 9.55 Å². The average Bonchev–Trinajstić information content (AvgIpc) is 3.19. The van der Waals surface area contributed by atoms with E-state index in [-0.39, 0.29) is 0 Å². The molecule has 1 aromatic carbocycles. The van der Waals surface area contributed by atoms with Crippen molar-refractivity contribution in [3.05, 3.63) is 63.5 Å². The van der Waals surface area contributed by atoms with Crippen molar-refractivity contribution < 1.29 is 0 Å². The van der Waals surface area contributed by atoms with Crippen LogP contribution in [0.5, 0.6) is 0 Å². The standard InChI is InChI=1S/C16H12N2S2/c1-2-4-15-14(3-1)17-16(13-6-8-20-11-13)18(15)9-12-5-7-19-10-12/h1-8,10-11H,9H2. The second-order valence-corrected chi connectivity index (χ2v) is 6.21. The van der Waals surface area contributed by atoms with Crippen LogP contribution in [0.3, 0.4) is 0 Å². The van der Waals surface area contributed by atoms with Crippen LogP contribution in [0, 0.1) is 0 Å². The van der Waals surface area contributed by atoms with Crippen LogP contribution in [0.4, 0.5) is 0 Å². The Hall–Kier alpha value is -1.91. The van der Waals surface area contributed by atoms with Gasteiger partial charge in [-0.3, -0.25) is 0 Å². The van der Waals surface area contributed by atoms with Crippen LogP contribution >= 0.6 is 22.7 Å². The molecule has 0 radical (unpaired) electrons. The summed E-state index contributed by atoms with van der Waals surface area (Å²) in [5.41, 5.74) is 4.78. The van der Waals surface area contributed by atoms with E-state index >= 15 is 0 Å². The van der Waals surface area contributed by atoms with Crippen molar-refractivity contribution in [2.75, 3.05) is 0 Å². The van der Waals surface area contributed by atoms with Gasteiger partial charge in [-0.1, -0.05) is 12.1 Å². The van der Waals surface area contributed by atoms with Crippen LogP contribution in [0.1, 0.15) is 5.56 Å². The molecule has 2 nitrogen and oxygen atoms in total. The van der Waals surface area contributed by atoms with Crippen molar-refractivity contribution in [2.45, 2.75) is 6.54 Å². The predicted octanol–water partition coefficient (Wildman–Crippen LogP) is 4.87. The Morgan fingerprint density at radius 1 is 0.950 bits per heavy atom. The molecule has 0 aliphatic heterocycles. The molecule has 4 aromatic rings. The second-order valence-electron chi connectivity index (χ2n) is 4.65. The van der Waals surface area contributed by atoms with E-state index < -0.39 is 0 Å². The minimum Gasteiger partial charge on any atom is -0.319 e. The van der Waals surface area contributed by atoms with E-state index in [0.29, 0.717) is 0 Å². The van der Waals surface area contributed by atoms with Crippen molar-refractivity contribution >= 4 is 33.7 Å². The fourth-order valence-electron chi connectivity index (χ4n) is 2.41. The largest absolute Gasteiger partial charge is 0.319 e. The van der Waals surface area contributed by atoms with Gasteiger partial charge in [0.05, 0.1) is 17.6 Å². The van der Waals surface area contributed by atoms with Crippen molar-refractivity contribution in [1.82, 2.24) is 9.55 Å². The molecular weight excluding hydrogens is 284 g/mol. The zero-order chi connectivity index (χ0) is 13.4. The number of thiophene rings is 2. The molecule has 0 N–H and O–H groups in total. The first-order valence-corrected chi connectivity index (χ1v) is 8.29. The van der Waals surface area contributed by atoms with Gasteiger partial charge in [-0.05, 0) is 46.0 Å². The Morgan fingerprint density at radius 3 is 2.60 bits per heavy atom. The number of aromatic nitrogens is 2. The average molecular weight is 296 g/mol. The Labute approximate surface area is 125 Å². The zero-order valence-corrected chi connectivity index (χ0v) is 12.3. The van der Waals surface area contributed by atoms with Gasteiger partial charge in [0.25, 0.3) is 0 Å². The molecule has 3 heterocycles. The lowest BCUT2D eigenvalue weighted by molar-refractivity contribution is 0.838. The van der Waals surface area contributed by atoms with E-state index in [4.69, 9.17) is 4.98 Å². The minimum atomic E-state index is 0.870. The predicted molar refractivity (Wildman–Crippen MR) is 86.5 cm³/mol. The molecule has 4 rings (SSSR count). The van der Waals surface area contributed by atoms with Gasteiger partial charge in [-0.25, -0.2) is 4.98 Å². The first-order valence-electron chi connectivity index (χ1n) is 6.41. The molecule has 20 heavy (non-hydrogen) atoms. The quantitative estimate of drug-likeness (QED) is 0.527.